The minimum absolute atomic E-state index is 0.128. The van der Waals surface area contributed by atoms with Crippen molar-refractivity contribution >= 4 is 22.6 Å². The molecule has 0 aliphatic rings. The lowest BCUT2D eigenvalue weighted by Crippen LogP contribution is -2.07. The van der Waals surface area contributed by atoms with Gasteiger partial charge in [0.1, 0.15) is 22.9 Å². The van der Waals surface area contributed by atoms with Crippen molar-refractivity contribution in [2.45, 2.75) is 6.18 Å². The number of benzene rings is 1. The van der Waals surface area contributed by atoms with Gasteiger partial charge >= 0.3 is 6.18 Å². The van der Waals surface area contributed by atoms with Gasteiger partial charge in [0.05, 0.1) is 22.9 Å². The zero-order valence-corrected chi connectivity index (χ0v) is 16.5. The highest BCUT2D eigenvalue weighted by Gasteiger charge is 2.36. The lowest BCUT2D eigenvalue weighted by Gasteiger charge is -2.08. The molecule has 0 amide bonds. The lowest BCUT2D eigenvalue weighted by atomic mass is 10.1. The van der Waals surface area contributed by atoms with Crippen LogP contribution in [0.1, 0.15) is 5.69 Å². The Labute approximate surface area is 181 Å². The molecule has 0 saturated carbocycles. The molecule has 0 aliphatic heterocycles. The topological polar surface area (TPSA) is 96.0 Å². The molecule has 0 radical (unpaired) electrons. The number of rotatable bonds is 3. The highest BCUT2D eigenvalue weighted by atomic mass is 35.5. The number of fused-ring (bicyclic) bond motifs is 1. The Kier molecular flexibility index (Phi) is 4.63. The van der Waals surface area contributed by atoms with Gasteiger partial charge in [-0.2, -0.15) is 33.7 Å². The first-order chi connectivity index (χ1) is 15.3. The van der Waals surface area contributed by atoms with Gasteiger partial charge in [-0.15, -0.1) is 0 Å². The van der Waals surface area contributed by atoms with Crippen LogP contribution in [0.2, 0.25) is 5.02 Å². The Bertz CT molecular complexity index is 1460. The third-order valence-electron chi connectivity index (χ3n) is 4.75. The molecule has 0 unspecified atom stereocenters. The first-order valence-corrected chi connectivity index (χ1v) is 9.43. The fourth-order valence-corrected chi connectivity index (χ4v) is 3.46. The number of hydrogen-bond acceptors (Lipinski definition) is 5. The standard InChI is InChI=1S/C20H10ClF4N7/c21-10-1-2-13(22)11(6-10)17-18(30-32-29-17)15-4-3-14-16(28-15)5-9(7-26-14)12-8-27-31-19(12)20(23,24)25/h1-8H,(H,27,31)(H,29,30,32). The molecule has 4 heterocycles. The molecule has 0 aliphatic carbocycles. The maximum atomic E-state index is 14.4. The molecule has 7 nitrogen and oxygen atoms in total. The van der Waals surface area contributed by atoms with Crippen molar-refractivity contribution in [1.82, 2.24) is 35.6 Å². The average molecular weight is 460 g/mol. The molecule has 5 aromatic rings. The van der Waals surface area contributed by atoms with Gasteiger partial charge in [-0.1, -0.05) is 11.6 Å². The summed E-state index contributed by atoms with van der Waals surface area (Å²) in [6.07, 6.45) is -2.22. The van der Waals surface area contributed by atoms with Crippen LogP contribution in [0.25, 0.3) is 44.8 Å². The monoisotopic (exact) mass is 459 g/mol. The molecule has 0 spiro atoms. The second kappa shape index (κ2) is 7.38. The molecule has 12 heteroatoms. The van der Waals surface area contributed by atoms with E-state index in [1.807, 2.05) is 5.10 Å². The van der Waals surface area contributed by atoms with E-state index in [0.717, 1.165) is 6.20 Å². The molecular formula is C20H10ClF4N7. The minimum Gasteiger partial charge on any atom is -0.273 e. The molecule has 0 bridgehead atoms. The van der Waals surface area contributed by atoms with Gasteiger partial charge in [-0.05, 0) is 36.4 Å². The highest BCUT2D eigenvalue weighted by Crippen LogP contribution is 2.36. The van der Waals surface area contributed by atoms with Crippen LogP contribution in [0.4, 0.5) is 17.6 Å². The molecule has 0 atom stereocenters. The maximum Gasteiger partial charge on any atom is 0.433 e. The van der Waals surface area contributed by atoms with Gasteiger partial charge in [-0.3, -0.25) is 10.1 Å². The summed E-state index contributed by atoms with van der Waals surface area (Å²) in [7, 11) is 0. The van der Waals surface area contributed by atoms with E-state index in [4.69, 9.17) is 11.6 Å². The Morgan fingerprint density at radius 1 is 0.875 bits per heavy atom. The normalized spacial score (nSPS) is 11.9. The SMILES string of the molecule is Fc1ccc(Cl)cc1-c1n[nH]nc1-c1ccc2ncc(-c3cn[nH]c3C(F)(F)F)cc2n1. The molecule has 4 aromatic heterocycles. The molecule has 0 saturated heterocycles. The van der Waals surface area contributed by atoms with E-state index in [1.165, 1.54) is 30.5 Å². The van der Waals surface area contributed by atoms with Crippen LogP contribution in [0.3, 0.4) is 0 Å². The summed E-state index contributed by atoms with van der Waals surface area (Å²) >= 11 is 5.98. The van der Waals surface area contributed by atoms with Crippen molar-refractivity contribution in [3.05, 3.63) is 65.3 Å². The summed E-state index contributed by atoms with van der Waals surface area (Å²) in [5.74, 6) is -0.547. The number of H-pyrrole nitrogens is 2. The molecule has 0 fully saturated rings. The molecule has 32 heavy (non-hydrogen) atoms. The Morgan fingerprint density at radius 3 is 2.50 bits per heavy atom. The van der Waals surface area contributed by atoms with Crippen LogP contribution in [-0.4, -0.2) is 35.6 Å². The summed E-state index contributed by atoms with van der Waals surface area (Å²) in [5, 5.41) is 16.3. The number of pyridine rings is 2. The molecular weight excluding hydrogens is 450 g/mol. The average Bonchev–Trinajstić information content (AvgIpc) is 3.44. The highest BCUT2D eigenvalue weighted by molar-refractivity contribution is 6.30. The van der Waals surface area contributed by atoms with Crippen LogP contribution < -0.4 is 0 Å². The predicted molar refractivity (Wildman–Crippen MR) is 108 cm³/mol. The first kappa shape index (κ1) is 20.1. The van der Waals surface area contributed by atoms with Crippen LogP contribution in [0.15, 0.2) is 48.8 Å². The number of hydrogen-bond donors (Lipinski definition) is 2. The summed E-state index contributed by atoms with van der Waals surface area (Å²) in [6, 6.07) is 8.74. The Balaban J connectivity index is 1.62. The van der Waals surface area contributed by atoms with Gasteiger partial charge in [0.15, 0.2) is 0 Å². The van der Waals surface area contributed by atoms with Gasteiger partial charge in [0, 0.05) is 27.9 Å². The van der Waals surface area contributed by atoms with Crippen LogP contribution in [-0.2, 0) is 6.18 Å². The second-order valence-corrected chi connectivity index (χ2v) is 7.20. The van der Waals surface area contributed by atoms with Crippen molar-refractivity contribution in [3.8, 4) is 33.8 Å². The van der Waals surface area contributed by atoms with Crippen LogP contribution in [0.5, 0.6) is 0 Å². The van der Waals surface area contributed by atoms with Crippen molar-refractivity contribution in [2.24, 2.45) is 0 Å². The fraction of sp³-hybridized carbons (Fsp3) is 0.0500. The summed E-state index contributed by atoms with van der Waals surface area (Å²) in [4.78, 5) is 8.66. The molecule has 2 N–H and O–H groups in total. The summed E-state index contributed by atoms with van der Waals surface area (Å²) in [5.41, 5.74) is 0.707. The van der Waals surface area contributed by atoms with E-state index < -0.39 is 17.7 Å². The Hall–Kier alpha value is -3.86. The maximum absolute atomic E-state index is 14.4. The zero-order valence-electron chi connectivity index (χ0n) is 15.7. The lowest BCUT2D eigenvalue weighted by molar-refractivity contribution is -0.140. The number of aromatic nitrogens is 7. The minimum atomic E-state index is -4.60. The van der Waals surface area contributed by atoms with Crippen molar-refractivity contribution in [1.29, 1.82) is 0 Å². The van der Waals surface area contributed by atoms with E-state index in [1.54, 1.807) is 12.1 Å². The Morgan fingerprint density at radius 2 is 1.69 bits per heavy atom. The van der Waals surface area contributed by atoms with Gasteiger partial charge in [0.2, 0.25) is 0 Å². The summed E-state index contributed by atoms with van der Waals surface area (Å²) in [6.45, 7) is 0. The van der Waals surface area contributed by atoms with Crippen molar-refractivity contribution < 1.29 is 17.6 Å². The van der Waals surface area contributed by atoms with Crippen LogP contribution >= 0.6 is 11.6 Å². The van der Waals surface area contributed by atoms with E-state index in [-0.39, 0.29) is 28.1 Å². The zero-order chi connectivity index (χ0) is 22.5. The number of nitrogens with zero attached hydrogens (tertiary/aromatic N) is 5. The molecule has 5 rings (SSSR count). The van der Waals surface area contributed by atoms with Crippen molar-refractivity contribution in [3.63, 3.8) is 0 Å². The first-order valence-electron chi connectivity index (χ1n) is 9.05. The fourth-order valence-electron chi connectivity index (χ4n) is 3.28. The number of aromatic amines is 2. The van der Waals surface area contributed by atoms with Crippen LogP contribution in [0, 0.1) is 5.82 Å². The quantitative estimate of drug-likeness (QED) is 0.358. The predicted octanol–water partition coefficient (Wildman–Crippen LogP) is 5.28. The second-order valence-electron chi connectivity index (χ2n) is 6.76. The smallest absolute Gasteiger partial charge is 0.273 e. The van der Waals surface area contributed by atoms with E-state index >= 15 is 0 Å². The van der Waals surface area contributed by atoms with Crippen molar-refractivity contribution in [2.75, 3.05) is 0 Å². The van der Waals surface area contributed by atoms with Gasteiger partial charge in [-0.25, -0.2) is 9.37 Å². The third kappa shape index (κ3) is 3.46. The van der Waals surface area contributed by atoms with Gasteiger partial charge < -0.3 is 0 Å². The van der Waals surface area contributed by atoms with E-state index in [9.17, 15) is 17.6 Å². The number of nitrogens with one attached hydrogen (secondary N) is 2. The van der Waals surface area contributed by atoms with E-state index in [2.05, 4.69) is 30.5 Å². The number of alkyl halides is 3. The largest absolute Gasteiger partial charge is 0.433 e. The number of halogens is 5. The van der Waals surface area contributed by atoms with Gasteiger partial charge in [0.25, 0.3) is 0 Å². The molecule has 1 aromatic carbocycles. The van der Waals surface area contributed by atoms with E-state index in [0.29, 0.717) is 21.7 Å². The molecule has 160 valence electrons. The third-order valence-corrected chi connectivity index (χ3v) is 4.98. The summed E-state index contributed by atoms with van der Waals surface area (Å²) < 4.78 is 54.0.